The Hall–Kier alpha value is -0.930. The lowest BCUT2D eigenvalue weighted by Crippen LogP contribution is -2.36. The molecule has 0 aromatic heterocycles. The summed E-state index contributed by atoms with van der Waals surface area (Å²) < 4.78 is 13.4. The summed E-state index contributed by atoms with van der Waals surface area (Å²) in [5, 5.41) is 20.1. The zero-order valence-corrected chi connectivity index (χ0v) is 19.5. The van der Waals surface area contributed by atoms with Crippen molar-refractivity contribution >= 4 is 0 Å². The number of halogens is 1. The summed E-state index contributed by atoms with van der Waals surface area (Å²) in [5.74, 6) is 2.99. The second-order valence-corrected chi connectivity index (χ2v) is 11.0. The molecule has 3 rings (SSSR count). The number of allylic oxidation sites excluding steroid dienone is 3. The maximum Gasteiger partial charge on any atom is 0.0927 e. The Morgan fingerprint density at radius 1 is 1.13 bits per heavy atom. The first-order valence-corrected chi connectivity index (χ1v) is 12.3. The first-order valence-electron chi connectivity index (χ1n) is 12.3. The third-order valence-corrected chi connectivity index (χ3v) is 8.46. The highest BCUT2D eigenvalue weighted by atomic mass is 19.1. The van der Waals surface area contributed by atoms with Crippen LogP contribution in [0.1, 0.15) is 91.9 Å². The third-order valence-electron chi connectivity index (χ3n) is 8.46. The van der Waals surface area contributed by atoms with Gasteiger partial charge in [-0.25, -0.2) is 4.39 Å². The molecule has 0 aliphatic heterocycles. The van der Waals surface area contributed by atoms with Gasteiger partial charge in [0.05, 0.1) is 18.5 Å². The van der Waals surface area contributed by atoms with E-state index in [1.165, 1.54) is 50.5 Å². The third kappa shape index (κ3) is 5.10. The molecule has 2 nitrogen and oxygen atoms in total. The quantitative estimate of drug-likeness (QED) is 0.493. The summed E-state index contributed by atoms with van der Waals surface area (Å²) in [7, 11) is 0. The lowest BCUT2D eigenvalue weighted by atomic mass is 9.60. The highest BCUT2D eigenvalue weighted by molar-refractivity contribution is 5.39. The van der Waals surface area contributed by atoms with Crippen molar-refractivity contribution < 1.29 is 14.6 Å². The number of hydrogen-bond acceptors (Lipinski definition) is 2. The van der Waals surface area contributed by atoms with Crippen LogP contribution in [-0.4, -0.2) is 22.4 Å². The molecule has 0 saturated heterocycles. The molecule has 0 radical (unpaired) electrons. The Bertz CT molecular complexity index is 676. The Morgan fingerprint density at radius 2 is 1.90 bits per heavy atom. The van der Waals surface area contributed by atoms with E-state index in [9.17, 15) is 14.6 Å². The average molecular weight is 419 g/mol. The maximum atomic E-state index is 13.4. The predicted octanol–water partition coefficient (Wildman–Crippen LogP) is 6.89. The van der Waals surface area contributed by atoms with Crippen LogP contribution in [0.25, 0.3) is 0 Å². The number of hydrogen-bond donors (Lipinski definition) is 2. The topological polar surface area (TPSA) is 40.5 Å². The Kier molecular flexibility index (Phi) is 8.01. The van der Waals surface area contributed by atoms with Crippen molar-refractivity contribution in [2.24, 2.45) is 29.1 Å². The lowest BCUT2D eigenvalue weighted by Gasteiger charge is -2.44. The van der Waals surface area contributed by atoms with Gasteiger partial charge < -0.3 is 10.2 Å². The molecule has 0 bridgehead atoms. The smallest absolute Gasteiger partial charge is 0.0927 e. The van der Waals surface area contributed by atoms with Crippen LogP contribution >= 0.6 is 0 Å². The van der Waals surface area contributed by atoms with Crippen molar-refractivity contribution in [3.63, 3.8) is 0 Å². The normalized spacial score (nSPS) is 39.8. The fourth-order valence-electron chi connectivity index (χ4n) is 6.83. The van der Waals surface area contributed by atoms with E-state index in [0.717, 1.165) is 29.7 Å². The van der Waals surface area contributed by atoms with E-state index >= 15 is 0 Å². The average Bonchev–Trinajstić information content (AvgIpc) is 3.03. The van der Waals surface area contributed by atoms with Gasteiger partial charge in [-0.05, 0) is 73.2 Å². The van der Waals surface area contributed by atoms with Gasteiger partial charge in [0.25, 0.3) is 0 Å². The first-order chi connectivity index (χ1) is 14.3. The fraction of sp³-hybridized carbons (Fsp3) is 0.778. The van der Waals surface area contributed by atoms with Crippen molar-refractivity contribution in [3.8, 4) is 0 Å². The van der Waals surface area contributed by atoms with E-state index < -0.39 is 12.2 Å². The second kappa shape index (κ2) is 10.1. The van der Waals surface area contributed by atoms with Crippen molar-refractivity contribution in [3.05, 3.63) is 35.2 Å². The van der Waals surface area contributed by atoms with Crippen LogP contribution in [0.5, 0.6) is 0 Å². The molecule has 3 fully saturated rings. The van der Waals surface area contributed by atoms with Gasteiger partial charge in [-0.2, -0.15) is 0 Å². The molecular formula is C27H43FO2. The van der Waals surface area contributed by atoms with Crippen molar-refractivity contribution in [2.75, 3.05) is 0 Å². The van der Waals surface area contributed by atoms with Crippen LogP contribution in [0, 0.1) is 29.1 Å². The monoisotopic (exact) mass is 418 g/mol. The van der Waals surface area contributed by atoms with E-state index in [0.29, 0.717) is 29.7 Å². The van der Waals surface area contributed by atoms with Gasteiger partial charge in [-0.3, -0.25) is 0 Å². The van der Waals surface area contributed by atoms with Crippen LogP contribution < -0.4 is 0 Å². The van der Waals surface area contributed by atoms with Crippen molar-refractivity contribution in [2.45, 2.75) is 104 Å². The maximum absolute atomic E-state index is 13.4. The van der Waals surface area contributed by atoms with Gasteiger partial charge in [0.15, 0.2) is 0 Å². The molecule has 0 amide bonds. The SMILES string of the molecule is CC(C)CCC[C@@H](C)[C@H]1CC[C@H]2/C(=C/C=C3\C[C@H](O)C[C@@H](O)\C3=C\F)CCC[C@]12C. The molecule has 0 unspecified atom stereocenters. The molecular weight excluding hydrogens is 375 g/mol. The van der Waals surface area contributed by atoms with Crippen LogP contribution in [-0.2, 0) is 0 Å². The molecule has 0 heterocycles. The number of aliphatic hydroxyl groups is 2. The first kappa shape index (κ1) is 23.7. The highest BCUT2D eigenvalue weighted by Gasteiger charge is 2.50. The molecule has 30 heavy (non-hydrogen) atoms. The van der Waals surface area contributed by atoms with Gasteiger partial charge in [-0.1, -0.05) is 64.7 Å². The zero-order chi connectivity index (χ0) is 21.9. The minimum atomic E-state index is -0.900. The van der Waals surface area contributed by atoms with E-state index in [1.807, 2.05) is 6.08 Å². The Balaban J connectivity index is 1.74. The summed E-state index contributed by atoms with van der Waals surface area (Å²) >= 11 is 0. The van der Waals surface area contributed by atoms with Gasteiger partial charge in [-0.15, -0.1) is 0 Å². The minimum Gasteiger partial charge on any atom is -0.393 e. The molecule has 0 aromatic rings. The molecule has 3 aliphatic rings. The molecule has 0 aromatic carbocycles. The lowest BCUT2D eigenvalue weighted by molar-refractivity contribution is 0.0850. The predicted molar refractivity (Wildman–Crippen MR) is 123 cm³/mol. The molecule has 3 heteroatoms. The molecule has 0 spiro atoms. The highest BCUT2D eigenvalue weighted by Crippen LogP contribution is 2.60. The van der Waals surface area contributed by atoms with E-state index in [-0.39, 0.29) is 6.42 Å². The van der Waals surface area contributed by atoms with Crippen LogP contribution in [0.2, 0.25) is 0 Å². The minimum absolute atomic E-state index is 0.223. The number of fused-ring (bicyclic) bond motifs is 1. The zero-order valence-electron chi connectivity index (χ0n) is 19.5. The van der Waals surface area contributed by atoms with Crippen LogP contribution in [0.3, 0.4) is 0 Å². The Labute approximate surface area is 183 Å². The van der Waals surface area contributed by atoms with E-state index in [2.05, 4.69) is 33.8 Å². The van der Waals surface area contributed by atoms with Gasteiger partial charge in [0.2, 0.25) is 0 Å². The number of rotatable bonds is 6. The fourth-order valence-corrected chi connectivity index (χ4v) is 6.83. The van der Waals surface area contributed by atoms with Crippen molar-refractivity contribution in [1.82, 2.24) is 0 Å². The standard InChI is InChI=1S/C27H43FO2/c1-18(2)7-5-8-19(3)24-12-13-25-20(9-6-14-27(24,25)4)10-11-21-15-22(29)16-26(30)23(21)17-28/h10-11,17-19,22,24-26,29-30H,5-9,12-16H2,1-4H3/b20-10+,21-11+,23-17+/t19-,22+,24-,25+,26-,27-/m1/s1. The molecule has 3 aliphatic carbocycles. The van der Waals surface area contributed by atoms with Crippen LogP contribution in [0.15, 0.2) is 35.2 Å². The van der Waals surface area contributed by atoms with Gasteiger partial charge in [0.1, 0.15) is 0 Å². The van der Waals surface area contributed by atoms with Gasteiger partial charge in [0, 0.05) is 12.0 Å². The molecule has 6 atom stereocenters. The number of aliphatic hydroxyl groups excluding tert-OH is 2. The summed E-state index contributed by atoms with van der Waals surface area (Å²) in [4.78, 5) is 0. The summed E-state index contributed by atoms with van der Waals surface area (Å²) in [6.07, 6.45) is 14.1. The molecule has 3 saturated carbocycles. The van der Waals surface area contributed by atoms with E-state index in [1.54, 1.807) is 0 Å². The summed E-state index contributed by atoms with van der Waals surface area (Å²) in [5.41, 5.74) is 2.98. The second-order valence-electron chi connectivity index (χ2n) is 11.0. The molecule has 170 valence electrons. The summed E-state index contributed by atoms with van der Waals surface area (Å²) in [6, 6.07) is 0. The van der Waals surface area contributed by atoms with E-state index in [4.69, 9.17) is 0 Å². The van der Waals surface area contributed by atoms with Crippen molar-refractivity contribution in [1.29, 1.82) is 0 Å². The largest absolute Gasteiger partial charge is 0.393 e. The van der Waals surface area contributed by atoms with Crippen LogP contribution in [0.4, 0.5) is 4.39 Å². The Morgan fingerprint density at radius 3 is 2.60 bits per heavy atom. The molecule has 2 N–H and O–H groups in total. The summed E-state index contributed by atoms with van der Waals surface area (Å²) in [6.45, 7) is 9.63. The van der Waals surface area contributed by atoms with Gasteiger partial charge >= 0.3 is 0 Å².